The summed E-state index contributed by atoms with van der Waals surface area (Å²) in [5.41, 5.74) is 0. The van der Waals surface area contributed by atoms with Gasteiger partial charge in [0, 0.05) is 12.5 Å². The summed E-state index contributed by atoms with van der Waals surface area (Å²) in [5.74, 6) is 1.56. The molecule has 5 heteroatoms. The first-order valence-electron chi connectivity index (χ1n) is 6.28. The highest BCUT2D eigenvalue weighted by molar-refractivity contribution is 5.82. The Balaban J connectivity index is 2.44. The molecule has 0 aromatic carbocycles. The maximum atomic E-state index is 11.7. The van der Waals surface area contributed by atoms with Gasteiger partial charge in [0.15, 0.2) is 0 Å². The minimum Gasteiger partial charge on any atom is -0.480 e. The molecular formula is C13H20N2O3. The van der Waals surface area contributed by atoms with E-state index in [2.05, 4.69) is 23.5 Å². The molecule has 0 heterocycles. The maximum Gasteiger partial charge on any atom is 0.327 e. The first-order valence-corrected chi connectivity index (χ1v) is 6.28. The van der Waals surface area contributed by atoms with Crippen LogP contribution in [0.3, 0.4) is 0 Å². The molecule has 0 spiro atoms. The van der Waals surface area contributed by atoms with E-state index in [0.717, 1.165) is 19.3 Å². The molecule has 0 bridgehead atoms. The largest absolute Gasteiger partial charge is 0.480 e. The average Bonchev–Trinajstić information content (AvgIpc) is 2.31. The monoisotopic (exact) mass is 252 g/mol. The van der Waals surface area contributed by atoms with E-state index in [4.69, 9.17) is 11.5 Å². The number of aliphatic carboxylic acids is 1. The van der Waals surface area contributed by atoms with Gasteiger partial charge in [-0.25, -0.2) is 9.59 Å². The number of rotatable bonds is 4. The van der Waals surface area contributed by atoms with Crippen molar-refractivity contribution in [2.24, 2.45) is 5.92 Å². The second-order valence-corrected chi connectivity index (χ2v) is 4.79. The number of terminal acetylenes is 1. The number of carboxylic acids is 1. The van der Waals surface area contributed by atoms with Crippen molar-refractivity contribution in [2.75, 3.05) is 0 Å². The fourth-order valence-corrected chi connectivity index (χ4v) is 2.22. The molecule has 3 N–H and O–H groups in total. The van der Waals surface area contributed by atoms with Gasteiger partial charge < -0.3 is 15.7 Å². The van der Waals surface area contributed by atoms with Gasteiger partial charge in [-0.15, -0.1) is 12.3 Å². The van der Waals surface area contributed by atoms with Gasteiger partial charge in [-0.3, -0.25) is 0 Å². The maximum absolute atomic E-state index is 11.7. The normalized spacial score (nSPS) is 24.7. The van der Waals surface area contributed by atoms with E-state index >= 15 is 0 Å². The zero-order valence-electron chi connectivity index (χ0n) is 10.6. The first kappa shape index (κ1) is 14.4. The van der Waals surface area contributed by atoms with Gasteiger partial charge in [0.05, 0.1) is 0 Å². The van der Waals surface area contributed by atoms with Crippen LogP contribution in [0.1, 0.15) is 39.0 Å². The van der Waals surface area contributed by atoms with Gasteiger partial charge in [0.25, 0.3) is 0 Å². The Labute approximate surface area is 107 Å². The van der Waals surface area contributed by atoms with Crippen molar-refractivity contribution in [1.29, 1.82) is 0 Å². The summed E-state index contributed by atoms with van der Waals surface area (Å²) in [5, 5.41) is 14.1. The van der Waals surface area contributed by atoms with Crippen molar-refractivity contribution in [2.45, 2.75) is 51.1 Å². The topological polar surface area (TPSA) is 78.4 Å². The summed E-state index contributed by atoms with van der Waals surface area (Å²) in [6, 6.07) is -1.34. The zero-order chi connectivity index (χ0) is 13.5. The highest BCUT2D eigenvalue weighted by Crippen LogP contribution is 2.23. The van der Waals surface area contributed by atoms with Crippen molar-refractivity contribution in [3.63, 3.8) is 0 Å². The van der Waals surface area contributed by atoms with Crippen molar-refractivity contribution >= 4 is 12.0 Å². The number of hydrogen-bond donors (Lipinski definition) is 3. The molecule has 18 heavy (non-hydrogen) atoms. The van der Waals surface area contributed by atoms with Crippen LogP contribution in [0.4, 0.5) is 4.79 Å². The van der Waals surface area contributed by atoms with E-state index in [9.17, 15) is 9.59 Å². The van der Waals surface area contributed by atoms with Crippen molar-refractivity contribution < 1.29 is 14.7 Å². The van der Waals surface area contributed by atoms with Gasteiger partial charge in [-0.1, -0.05) is 19.8 Å². The number of carbonyl (C=O) groups is 2. The van der Waals surface area contributed by atoms with Gasteiger partial charge >= 0.3 is 12.0 Å². The first-order chi connectivity index (χ1) is 8.54. The predicted molar refractivity (Wildman–Crippen MR) is 68.0 cm³/mol. The Kier molecular flexibility index (Phi) is 5.50. The molecule has 0 saturated heterocycles. The lowest BCUT2D eigenvalue weighted by Crippen LogP contribution is -2.51. The van der Waals surface area contributed by atoms with Gasteiger partial charge in [-0.2, -0.15) is 0 Å². The van der Waals surface area contributed by atoms with Crippen LogP contribution in [-0.2, 0) is 4.79 Å². The molecule has 1 saturated carbocycles. The number of nitrogens with one attached hydrogen (secondary N) is 2. The van der Waals surface area contributed by atoms with E-state index in [0.29, 0.717) is 5.92 Å². The molecule has 1 aliphatic carbocycles. The van der Waals surface area contributed by atoms with Gasteiger partial charge in [-0.05, 0) is 18.8 Å². The summed E-state index contributed by atoms with van der Waals surface area (Å²) in [7, 11) is 0. The molecule has 1 rings (SSSR count). The third-order valence-electron chi connectivity index (χ3n) is 3.35. The Morgan fingerprint density at radius 3 is 2.67 bits per heavy atom. The lowest BCUT2D eigenvalue weighted by molar-refractivity contribution is -0.139. The average molecular weight is 252 g/mol. The zero-order valence-corrected chi connectivity index (χ0v) is 10.6. The third-order valence-corrected chi connectivity index (χ3v) is 3.35. The van der Waals surface area contributed by atoms with Crippen LogP contribution in [0.25, 0.3) is 0 Å². The minimum absolute atomic E-state index is 0.0109. The molecule has 3 atom stereocenters. The van der Waals surface area contributed by atoms with Crippen molar-refractivity contribution in [1.82, 2.24) is 10.6 Å². The van der Waals surface area contributed by atoms with Crippen LogP contribution in [0.15, 0.2) is 0 Å². The summed E-state index contributed by atoms with van der Waals surface area (Å²) in [6.07, 6.45) is 9.38. The van der Waals surface area contributed by atoms with Crippen LogP contribution < -0.4 is 10.6 Å². The minimum atomic E-state index is -1.11. The molecule has 2 amide bonds. The second kappa shape index (κ2) is 6.90. The SMILES string of the molecule is C#CCC(NC(=O)NC1CCCCC1C)C(=O)O. The van der Waals surface area contributed by atoms with E-state index in [-0.39, 0.29) is 12.5 Å². The van der Waals surface area contributed by atoms with Crippen molar-refractivity contribution in [3.8, 4) is 12.3 Å². The van der Waals surface area contributed by atoms with Crippen LogP contribution in [-0.4, -0.2) is 29.2 Å². The van der Waals surface area contributed by atoms with E-state index in [1.807, 2.05) is 0 Å². The number of carboxylic acid groups (broad SMARTS) is 1. The third kappa shape index (κ3) is 4.28. The molecular weight excluding hydrogens is 232 g/mol. The fraction of sp³-hybridized carbons (Fsp3) is 0.692. The molecule has 1 aliphatic rings. The van der Waals surface area contributed by atoms with Crippen molar-refractivity contribution in [3.05, 3.63) is 0 Å². The van der Waals surface area contributed by atoms with E-state index in [1.165, 1.54) is 6.42 Å². The molecule has 0 aromatic heterocycles. The molecule has 1 fully saturated rings. The summed E-state index contributed by atoms with van der Waals surface area (Å²) in [4.78, 5) is 22.5. The summed E-state index contributed by atoms with van der Waals surface area (Å²) < 4.78 is 0. The molecule has 3 unspecified atom stereocenters. The standard InChI is InChI=1S/C13H20N2O3/c1-3-6-11(12(16)17)15-13(18)14-10-8-5-4-7-9(10)2/h1,9-11H,4-8H2,2H3,(H,16,17)(H2,14,15,18). The molecule has 0 radical (unpaired) electrons. The fourth-order valence-electron chi connectivity index (χ4n) is 2.22. The Bertz CT molecular complexity index is 349. The quantitative estimate of drug-likeness (QED) is 0.661. The predicted octanol–water partition coefficient (Wildman–Crippen LogP) is 1.34. The van der Waals surface area contributed by atoms with Crippen LogP contribution in [0.5, 0.6) is 0 Å². The van der Waals surface area contributed by atoms with E-state index in [1.54, 1.807) is 0 Å². The van der Waals surface area contributed by atoms with E-state index < -0.39 is 18.0 Å². The summed E-state index contributed by atoms with van der Waals surface area (Å²) >= 11 is 0. The smallest absolute Gasteiger partial charge is 0.327 e. The van der Waals surface area contributed by atoms with Crippen LogP contribution >= 0.6 is 0 Å². The lowest BCUT2D eigenvalue weighted by Gasteiger charge is -2.29. The summed E-state index contributed by atoms with van der Waals surface area (Å²) in [6.45, 7) is 2.10. The molecule has 0 aromatic rings. The number of amides is 2. The highest BCUT2D eigenvalue weighted by Gasteiger charge is 2.25. The number of hydrogen-bond acceptors (Lipinski definition) is 2. The Hall–Kier alpha value is -1.70. The Morgan fingerprint density at radius 1 is 1.44 bits per heavy atom. The van der Waals surface area contributed by atoms with Gasteiger partial charge in [0.2, 0.25) is 0 Å². The number of carbonyl (C=O) groups excluding carboxylic acids is 1. The van der Waals surface area contributed by atoms with Crippen LogP contribution in [0.2, 0.25) is 0 Å². The van der Waals surface area contributed by atoms with Gasteiger partial charge in [0.1, 0.15) is 6.04 Å². The second-order valence-electron chi connectivity index (χ2n) is 4.79. The Morgan fingerprint density at radius 2 is 2.11 bits per heavy atom. The molecule has 100 valence electrons. The highest BCUT2D eigenvalue weighted by atomic mass is 16.4. The van der Waals surface area contributed by atoms with Crippen LogP contribution in [0, 0.1) is 18.3 Å². The molecule has 5 nitrogen and oxygen atoms in total. The molecule has 0 aliphatic heterocycles. The lowest BCUT2D eigenvalue weighted by atomic mass is 9.86. The number of urea groups is 1.